The fraction of sp³-hybridized carbons (Fsp3) is 0.103. The van der Waals surface area contributed by atoms with Gasteiger partial charge >= 0.3 is 0 Å². The van der Waals surface area contributed by atoms with Crippen LogP contribution in [0.2, 0.25) is 0 Å². The first-order chi connectivity index (χ1) is 16.3. The standard InChI is InChI=1S/C29H25N3O/c33-28(30-21-22-12-4-1-5-13-22)20-27-25-18-10-11-19-26(25)31-29(23-14-6-2-7-15-23)32(27)24-16-8-3-9-17-24/h1-19,27H,20-21H2,(H,30,33). The molecule has 0 aliphatic carbocycles. The van der Waals surface area contributed by atoms with E-state index in [9.17, 15) is 4.79 Å². The number of fused-ring (bicyclic) bond motifs is 1. The SMILES string of the molecule is O=C(CC1c2ccccc2N=C(c2ccccc2)N1c1ccccc1)NCc1ccccc1. The molecule has 4 nitrogen and oxygen atoms in total. The molecule has 33 heavy (non-hydrogen) atoms. The summed E-state index contributed by atoms with van der Waals surface area (Å²) in [5.74, 6) is 0.857. The van der Waals surface area contributed by atoms with E-state index in [0.717, 1.165) is 33.9 Å². The van der Waals surface area contributed by atoms with Gasteiger partial charge in [0.1, 0.15) is 5.84 Å². The largest absolute Gasteiger partial charge is 0.352 e. The minimum atomic E-state index is -0.174. The third-order valence-electron chi connectivity index (χ3n) is 5.84. The third kappa shape index (κ3) is 4.55. The summed E-state index contributed by atoms with van der Waals surface area (Å²) in [6.07, 6.45) is 0.324. The van der Waals surface area contributed by atoms with Crippen LogP contribution in [0.3, 0.4) is 0 Å². The molecule has 1 N–H and O–H groups in total. The molecule has 1 atom stereocenters. The maximum atomic E-state index is 13.1. The molecule has 0 spiro atoms. The molecule has 1 aliphatic rings. The Hall–Kier alpha value is -4.18. The highest BCUT2D eigenvalue weighted by Gasteiger charge is 2.33. The molecule has 5 rings (SSSR count). The van der Waals surface area contributed by atoms with Gasteiger partial charge in [0, 0.05) is 23.4 Å². The number of anilines is 1. The van der Waals surface area contributed by atoms with Crippen LogP contribution in [0, 0.1) is 0 Å². The molecule has 4 heteroatoms. The Morgan fingerprint density at radius 3 is 2.09 bits per heavy atom. The van der Waals surface area contributed by atoms with Crippen LogP contribution >= 0.6 is 0 Å². The number of rotatable bonds is 6. The van der Waals surface area contributed by atoms with Gasteiger partial charge in [-0.3, -0.25) is 4.79 Å². The smallest absolute Gasteiger partial charge is 0.222 e. The van der Waals surface area contributed by atoms with E-state index in [1.807, 2.05) is 84.9 Å². The molecular formula is C29H25N3O. The van der Waals surface area contributed by atoms with E-state index in [2.05, 4.69) is 40.5 Å². The molecule has 0 fully saturated rings. The molecule has 0 aromatic heterocycles. The van der Waals surface area contributed by atoms with E-state index >= 15 is 0 Å². The average molecular weight is 432 g/mol. The lowest BCUT2D eigenvalue weighted by atomic mass is 9.95. The van der Waals surface area contributed by atoms with Crippen molar-refractivity contribution in [3.63, 3.8) is 0 Å². The second kappa shape index (κ2) is 9.53. The minimum absolute atomic E-state index is 0.00824. The number of carbonyl (C=O) groups is 1. The Morgan fingerprint density at radius 1 is 0.758 bits per heavy atom. The highest BCUT2D eigenvalue weighted by molar-refractivity contribution is 6.13. The lowest BCUT2D eigenvalue weighted by molar-refractivity contribution is -0.121. The van der Waals surface area contributed by atoms with Crippen molar-refractivity contribution in [3.8, 4) is 0 Å². The van der Waals surface area contributed by atoms with Gasteiger partial charge in [-0.05, 0) is 23.8 Å². The Morgan fingerprint density at radius 2 is 1.36 bits per heavy atom. The number of para-hydroxylation sites is 2. The molecule has 0 saturated heterocycles. The molecule has 1 heterocycles. The van der Waals surface area contributed by atoms with Gasteiger partial charge in [-0.2, -0.15) is 0 Å². The Bertz CT molecular complexity index is 1250. The average Bonchev–Trinajstić information content (AvgIpc) is 2.89. The van der Waals surface area contributed by atoms with E-state index in [1.54, 1.807) is 0 Å². The number of amides is 1. The normalized spacial score (nSPS) is 14.8. The van der Waals surface area contributed by atoms with Gasteiger partial charge in [0.25, 0.3) is 0 Å². The van der Waals surface area contributed by atoms with Gasteiger partial charge in [0.15, 0.2) is 0 Å². The van der Waals surface area contributed by atoms with E-state index in [-0.39, 0.29) is 11.9 Å². The zero-order valence-electron chi connectivity index (χ0n) is 18.3. The maximum absolute atomic E-state index is 13.1. The number of benzene rings is 4. The lowest BCUT2D eigenvalue weighted by Gasteiger charge is -2.38. The van der Waals surface area contributed by atoms with Crippen molar-refractivity contribution < 1.29 is 4.79 Å². The lowest BCUT2D eigenvalue weighted by Crippen LogP contribution is -2.40. The van der Waals surface area contributed by atoms with Crippen LogP contribution in [-0.2, 0) is 11.3 Å². The number of hydrogen-bond acceptors (Lipinski definition) is 3. The molecule has 1 unspecified atom stereocenters. The Balaban J connectivity index is 1.52. The highest BCUT2D eigenvalue weighted by atomic mass is 16.1. The zero-order valence-corrected chi connectivity index (χ0v) is 18.3. The molecule has 0 saturated carbocycles. The molecule has 162 valence electrons. The first kappa shape index (κ1) is 20.7. The first-order valence-electron chi connectivity index (χ1n) is 11.2. The number of nitrogens with one attached hydrogen (secondary N) is 1. The molecule has 0 radical (unpaired) electrons. The molecular weight excluding hydrogens is 406 g/mol. The summed E-state index contributed by atoms with van der Waals surface area (Å²) < 4.78 is 0. The molecule has 0 bridgehead atoms. The fourth-order valence-electron chi connectivity index (χ4n) is 4.25. The van der Waals surface area contributed by atoms with Crippen LogP contribution < -0.4 is 10.2 Å². The van der Waals surface area contributed by atoms with Gasteiger partial charge in [0.05, 0.1) is 18.2 Å². The predicted octanol–water partition coefficient (Wildman–Crippen LogP) is 6.03. The Labute approximate surface area is 194 Å². The second-order valence-corrected chi connectivity index (χ2v) is 8.05. The van der Waals surface area contributed by atoms with Crippen LogP contribution in [0.15, 0.2) is 120 Å². The minimum Gasteiger partial charge on any atom is -0.352 e. The molecule has 4 aromatic rings. The van der Waals surface area contributed by atoms with E-state index in [4.69, 9.17) is 4.99 Å². The third-order valence-corrected chi connectivity index (χ3v) is 5.84. The van der Waals surface area contributed by atoms with E-state index in [0.29, 0.717) is 13.0 Å². The predicted molar refractivity (Wildman–Crippen MR) is 134 cm³/mol. The van der Waals surface area contributed by atoms with E-state index in [1.165, 1.54) is 0 Å². The summed E-state index contributed by atoms with van der Waals surface area (Å²) in [6, 6.07) is 38.3. The van der Waals surface area contributed by atoms with Gasteiger partial charge in [0.2, 0.25) is 5.91 Å². The summed E-state index contributed by atoms with van der Waals surface area (Å²) in [4.78, 5) is 20.4. The summed E-state index contributed by atoms with van der Waals surface area (Å²) in [6.45, 7) is 0.513. The monoisotopic (exact) mass is 431 g/mol. The van der Waals surface area contributed by atoms with Gasteiger partial charge < -0.3 is 10.2 Å². The topological polar surface area (TPSA) is 44.7 Å². The van der Waals surface area contributed by atoms with E-state index < -0.39 is 0 Å². The van der Waals surface area contributed by atoms with Crippen molar-refractivity contribution in [2.45, 2.75) is 19.0 Å². The van der Waals surface area contributed by atoms with Crippen LogP contribution in [0.4, 0.5) is 11.4 Å². The highest BCUT2D eigenvalue weighted by Crippen LogP contribution is 2.40. The van der Waals surface area contributed by atoms with Crippen molar-refractivity contribution in [1.82, 2.24) is 5.32 Å². The van der Waals surface area contributed by atoms with Crippen LogP contribution in [0.1, 0.15) is 29.2 Å². The van der Waals surface area contributed by atoms with Crippen molar-refractivity contribution in [3.05, 3.63) is 132 Å². The number of hydrogen-bond donors (Lipinski definition) is 1. The summed E-state index contributed by atoms with van der Waals surface area (Å²) in [5.41, 5.74) is 5.07. The number of carbonyl (C=O) groups excluding carboxylic acids is 1. The molecule has 4 aromatic carbocycles. The number of amidine groups is 1. The van der Waals surface area contributed by atoms with Crippen molar-refractivity contribution in [2.24, 2.45) is 4.99 Å². The number of aliphatic imine (C=N–C) groups is 1. The Kier molecular flexibility index (Phi) is 5.98. The first-order valence-corrected chi connectivity index (χ1v) is 11.2. The van der Waals surface area contributed by atoms with Gasteiger partial charge in [-0.25, -0.2) is 4.99 Å². The van der Waals surface area contributed by atoms with Crippen LogP contribution in [0.5, 0.6) is 0 Å². The quantitative estimate of drug-likeness (QED) is 0.405. The van der Waals surface area contributed by atoms with Gasteiger partial charge in [-0.1, -0.05) is 97.1 Å². The number of nitrogens with zero attached hydrogens (tertiary/aromatic N) is 2. The van der Waals surface area contributed by atoms with Crippen LogP contribution in [0.25, 0.3) is 0 Å². The fourth-order valence-corrected chi connectivity index (χ4v) is 4.25. The summed E-state index contributed by atoms with van der Waals surface area (Å²) in [7, 11) is 0. The summed E-state index contributed by atoms with van der Waals surface area (Å²) in [5, 5.41) is 3.10. The van der Waals surface area contributed by atoms with Gasteiger partial charge in [-0.15, -0.1) is 0 Å². The summed E-state index contributed by atoms with van der Waals surface area (Å²) >= 11 is 0. The van der Waals surface area contributed by atoms with Crippen molar-refractivity contribution in [2.75, 3.05) is 4.90 Å². The maximum Gasteiger partial charge on any atom is 0.222 e. The molecule has 1 amide bonds. The van der Waals surface area contributed by atoms with Crippen molar-refractivity contribution >= 4 is 23.1 Å². The second-order valence-electron chi connectivity index (χ2n) is 8.05. The molecule has 1 aliphatic heterocycles. The van der Waals surface area contributed by atoms with Crippen molar-refractivity contribution in [1.29, 1.82) is 0 Å². The van der Waals surface area contributed by atoms with Crippen LogP contribution in [-0.4, -0.2) is 11.7 Å². The zero-order chi connectivity index (χ0) is 22.5.